The number of nitrogens with zero attached hydrogens (tertiary/aromatic N) is 2. The predicted octanol–water partition coefficient (Wildman–Crippen LogP) is 2.17. The normalized spacial score (nSPS) is 11.9. The fourth-order valence-corrected chi connectivity index (χ4v) is 1.49. The van der Waals surface area contributed by atoms with Crippen molar-refractivity contribution < 1.29 is 4.74 Å². The Labute approximate surface area is 114 Å². The van der Waals surface area contributed by atoms with E-state index in [4.69, 9.17) is 16.3 Å². The lowest BCUT2D eigenvalue weighted by atomic mass is 10.1. The minimum absolute atomic E-state index is 0.0609. The van der Waals surface area contributed by atoms with Crippen LogP contribution in [-0.4, -0.2) is 43.2 Å². The highest BCUT2D eigenvalue weighted by atomic mass is 35.5. The third kappa shape index (κ3) is 4.12. The topological polar surface area (TPSA) is 37.4 Å². The lowest BCUT2D eigenvalue weighted by molar-refractivity contribution is 0.111. The molecule has 102 valence electrons. The molecule has 1 aromatic rings. The molecule has 1 N–H and O–H groups in total. The van der Waals surface area contributed by atoms with Gasteiger partial charge in [-0.25, -0.2) is 4.98 Å². The summed E-state index contributed by atoms with van der Waals surface area (Å²) in [6.07, 6.45) is 1.78. The number of hydrogen-bond donors (Lipinski definition) is 1. The standard InChI is InChI=1S/C13H22ClN3O/c1-13(2,17(4)5)9-18-12-11(14)6-10(7-15-3)8-16-12/h6,8,15H,7,9H2,1-5H3. The number of aromatic nitrogens is 1. The fourth-order valence-electron chi connectivity index (χ4n) is 1.25. The van der Waals surface area contributed by atoms with Gasteiger partial charge < -0.3 is 15.0 Å². The maximum Gasteiger partial charge on any atom is 0.232 e. The third-order valence-corrected chi connectivity index (χ3v) is 3.29. The minimum Gasteiger partial charge on any atom is -0.475 e. The summed E-state index contributed by atoms with van der Waals surface area (Å²) in [5.74, 6) is 0.492. The Morgan fingerprint density at radius 1 is 1.44 bits per heavy atom. The molecule has 5 heteroatoms. The van der Waals surface area contributed by atoms with Crippen molar-refractivity contribution in [2.45, 2.75) is 25.9 Å². The van der Waals surface area contributed by atoms with Crippen LogP contribution in [0.5, 0.6) is 5.88 Å². The van der Waals surface area contributed by atoms with Gasteiger partial charge in [0.15, 0.2) is 0 Å². The number of ether oxygens (including phenoxy) is 1. The molecule has 0 bridgehead atoms. The van der Waals surface area contributed by atoms with E-state index in [1.165, 1.54) is 0 Å². The minimum atomic E-state index is -0.0609. The van der Waals surface area contributed by atoms with E-state index in [0.29, 0.717) is 17.5 Å². The van der Waals surface area contributed by atoms with Gasteiger partial charge in [0, 0.05) is 18.3 Å². The van der Waals surface area contributed by atoms with Gasteiger partial charge in [-0.05, 0) is 46.6 Å². The summed E-state index contributed by atoms with van der Waals surface area (Å²) in [6.45, 7) is 5.50. The largest absolute Gasteiger partial charge is 0.475 e. The Morgan fingerprint density at radius 2 is 2.11 bits per heavy atom. The lowest BCUT2D eigenvalue weighted by Crippen LogP contribution is -2.43. The Hall–Kier alpha value is -0.840. The Balaban J connectivity index is 2.68. The molecule has 0 spiro atoms. The molecule has 1 heterocycles. The van der Waals surface area contributed by atoms with Crippen molar-refractivity contribution in [3.8, 4) is 5.88 Å². The lowest BCUT2D eigenvalue weighted by Gasteiger charge is -2.32. The molecule has 0 atom stereocenters. The van der Waals surface area contributed by atoms with Crippen LogP contribution in [0.25, 0.3) is 0 Å². The van der Waals surface area contributed by atoms with Crippen LogP contribution in [-0.2, 0) is 6.54 Å². The first kappa shape index (κ1) is 15.2. The number of hydrogen-bond acceptors (Lipinski definition) is 4. The number of rotatable bonds is 6. The van der Waals surface area contributed by atoms with E-state index in [1.54, 1.807) is 6.20 Å². The molecule has 0 aromatic carbocycles. The van der Waals surface area contributed by atoms with Crippen LogP contribution in [0.15, 0.2) is 12.3 Å². The Bertz CT molecular complexity index is 394. The van der Waals surface area contributed by atoms with Gasteiger partial charge >= 0.3 is 0 Å². The van der Waals surface area contributed by atoms with Crippen LogP contribution in [0, 0.1) is 0 Å². The molecular formula is C13H22ClN3O. The molecule has 4 nitrogen and oxygen atoms in total. The SMILES string of the molecule is CNCc1cnc(OCC(C)(C)N(C)C)c(Cl)c1. The third-order valence-electron chi connectivity index (χ3n) is 3.02. The van der Waals surface area contributed by atoms with Crippen LogP contribution >= 0.6 is 11.6 Å². The first-order chi connectivity index (χ1) is 8.36. The van der Waals surface area contributed by atoms with Gasteiger partial charge in [-0.2, -0.15) is 0 Å². The van der Waals surface area contributed by atoms with Crippen molar-refractivity contribution in [1.29, 1.82) is 0 Å². The summed E-state index contributed by atoms with van der Waals surface area (Å²) < 4.78 is 5.69. The average molecular weight is 272 g/mol. The van der Waals surface area contributed by atoms with Crippen molar-refractivity contribution in [3.63, 3.8) is 0 Å². The van der Waals surface area contributed by atoms with E-state index in [0.717, 1.165) is 12.1 Å². The van der Waals surface area contributed by atoms with Crippen LogP contribution < -0.4 is 10.1 Å². The van der Waals surface area contributed by atoms with E-state index < -0.39 is 0 Å². The first-order valence-electron chi connectivity index (χ1n) is 5.96. The molecule has 0 amide bonds. The Morgan fingerprint density at radius 3 is 2.61 bits per heavy atom. The second-order valence-corrected chi connectivity index (χ2v) is 5.56. The molecule has 0 unspecified atom stereocenters. The molecule has 1 aromatic heterocycles. The van der Waals surface area contributed by atoms with E-state index in [2.05, 4.69) is 29.0 Å². The molecule has 0 saturated heterocycles. The molecule has 0 aliphatic carbocycles. The fraction of sp³-hybridized carbons (Fsp3) is 0.615. The van der Waals surface area contributed by atoms with E-state index in [9.17, 15) is 0 Å². The van der Waals surface area contributed by atoms with Crippen LogP contribution in [0.3, 0.4) is 0 Å². The van der Waals surface area contributed by atoms with Crippen molar-refractivity contribution in [3.05, 3.63) is 22.8 Å². The second-order valence-electron chi connectivity index (χ2n) is 5.16. The van der Waals surface area contributed by atoms with Gasteiger partial charge in [-0.1, -0.05) is 11.6 Å². The van der Waals surface area contributed by atoms with E-state index >= 15 is 0 Å². The summed E-state index contributed by atoms with van der Waals surface area (Å²) in [5.41, 5.74) is 0.982. The van der Waals surface area contributed by atoms with Gasteiger partial charge in [-0.3, -0.25) is 0 Å². The van der Waals surface area contributed by atoms with Crippen molar-refractivity contribution in [2.24, 2.45) is 0 Å². The summed E-state index contributed by atoms with van der Waals surface area (Å²) in [5, 5.41) is 3.61. The molecule has 0 aliphatic rings. The van der Waals surface area contributed by atoms with Gasteiger partial charge in [0.1, 0.15) is 11.6 Å². The summed E-state index contributed by atoms with van der Waals surface area (Å²) in [4.78, 5) is 6.35. The number of nitrogens with one attached hydrogen (secondary N) is 1. The molecular weight excluding hydrogens is 250 g/mol. The predicted molar refractivity (Wildman–Crippen MR) is 75.3 cm³/mol. The maximum absolute atomic E-state index is 6.14. The van der Waals surface area contributed by atoms with Gasteiger partial charge in [0.05, 0.1) is 0 Å². The van der Waals surface area contributed by atoms with Crippen LogP contribution in [0.4, 0.5) is 0 Å². The van der Waals surface area contributed by atoms with Crippen molar-refractivity contribution in [2.75, 3.05) is 27.7 Å². The molecule has 1 rings (SSSR count). The highest BCUT2D eigenvalue weighted by Gasteiger charge is 2.22. The molecule has 18 heavy (non-hydrogen) atoms. The zero-order valence-electron chi connectivity index (χ0n) is 11.7. The molecule has 0 saturated carbocycles. The summed E-state index contributed by atoms with van der Waals surface area (Å²) in [6, 6.07) is 1.88. The quantitative estimate of drug-likeness (QED) is 0.861. The zero-order chi connectivity index (χ0) is 13.8. The summed E-state index contributed by atoms with van der Waals surface area (Å²) in [7, 11) is 5.93. The number of halogens is 1. The maximum atomic E-state index is 6.14. The zero-order valence-corrected chi connectivity index (χ0v) is 12.5. The molecule has 0 fully saturated rings. The highest BCUT2D eigenvalue weighted by molar-refractivity contribution is 6.31. The van der Waals surface area contributed by atoms with E-state index in [-0.39, 0.29) is 5.54 Å². The Kier molecular flexibility index (Phi) is 5.38. The smallest absolute Gasteiger partial charge is 0.232 e. The second kappa shape index (κ2) is 6.36. The monoisotopic (exact) mass is 271 g/mol. The highest BCUT2D eigenvalue weighted by Crippen LogP contribution is 2.24. The average Bonchev–Trinajstić information content (AvgIpc) is 2.28. The first-order valence-corrected chi connectivity index (χ1v) is 6.34. The number of pyridine rings is 1. The van der Waals surface area contributed by atoms with Gasteiger partial charge in [-0.15, -0.1) is 0 Å². The van der Waals surface area contributed by atoms with E-state index in [1.807, 2.05) is 27.2 Å². The molecule has 0 radical (unpaired) electrons. The number of likely N-dealkylation sites (N-methyl/N-ethyl adjacent to an activating group) is 1. The van der Waals surface area contributed by atoms with Crippen LogP contribution in [0.2, 0.25) is 5.02 Å². The molecule has 0 aliphatic heterocycles. The van der Waals surface area contributed by atoms with Gasteiger partial charge in [0.2, 0.25) is 5.88 Å². The van der Waals surface area contributed by atoms with Crippen molar-refractivity contribution in [1.82, 2.24) is 15.2 Å². The van der Waals surface area contributed by atoms with Crippen LogP contribution in [0.1, 0.15) is 19.4 Å². The van der Waals surface area contributed by atoms with Gasteiger partial charge in [0.25, 0.3) is 0 Å². The summed E-state index contributed by atoms with van der Waals surface area (Å²) >= 11 is 6.14. The van der Waals surface area contributed by atoms with Crippen molar-refractivity contribution >= 4 is 11.6 Å².